The van der Waals surface area contributed by atoms with E-state index in [1.54, 1.807) is 6.20 Å². The summed E-state index contributed by atoms with van der Waals surface area (Å²) in [6.07, 6.45) is 4.77. The molecular formula is C14H20N4O. The highest BCUT2D eigenvalue weighted by atomic mass is 16.2. The first-order chi connectivity index (χ1) is 9.20. The summed E-state index contributed by atoms with van der Waals surface area (Å²) in [6.45, 7) is 3.42. The fourth-order valence-electron chi connectivity index (χ4n) is 3.24. The molecule has 1 spiro atoms. The molecule has 1 atom stereocenters. The molecule has 0 aromatic carbocycles. The molecule has 3 N–H and O–H groups in total. The number of nitrogens with one attached hydrogen (secondary N) is 1. The second-order valence-corrected chi connectivity index (χ2v) is 5.65. The first kappa shape index (κ1) is 12.4. The monoisotopic (exact) mass is 260 g/mol. The van der Waals surface area contributed by atoms with Gasteiger partial charge in [0.1, 0.15) is 5.82 Å². The highest BCUT2D eigenvalue weighted by molar-refractivity contribution is 5.84. The van der Waals surface area contributed by atoms with Crippen LogP contribution in [0.2, 0.25) is 0 Å². The number of nitrogen functional groups attached to an aromatic ring is 1. The third-order valence-corrected chi connectivity index (χ3v) is 4.35. The second-order valence-electron chi connectivity index (χ2n) is 5.65. The predicted octanol–water partition coefficient (Wildman–Crippen LogP) is 0.766. The fraction of sp³-hybridized carbons (Fsp3) is 0.571. The molecule has 0 aliphatic carbocycles. The van der Waals surface area contributed by atoms with Gasteiger partial charge in [0.15, 0.2) is 0 Å². The molecule has 19 heavy (non-hydrogen) atoms. The molecule has 2 aliphatic rings. The third kappa shape index (κ3) is 2.30. The summed E-state index contributed by atoms with van der Waals surface area (Å²) in [5.41, 5.74) is 6.77. The van der Waals surface area contributed by atoms with Crippen LogP contribution in [0.5, 0.6) is 0 Å². The highest BCUT2D eigenvalue weighted by Gasteiger charge is 2.45. The van der Waals surface area contributed by atoms with E-state index in [0.717, 1.165) is 51.0 Å². The molecule has 102 valence electrons. The quantitative estimate of drug-likeness (QED) is 0.824. The number of carbonyl (C=O) groups excluding carboxylic acids is 1. The van der Waals surface area contributed by atoms with Crippen LogP contribution in [0.25, 0.3) is 0 Å². The van der Waals surface area contributed by atoms with Gasteiger partial charge in [-0.2, -0.15) is 0 Å². The van der Waals surface area contributed by atoms with Gasteiger partial charge in [-0.25, -0.2) is 4.98 Å². The number of piperidine rings is 1. The van der Waals surface area contributed by atoms with Gasteiger partial charge < -0.3 is 11.1 Å². The number of nitrogens with two attached hydrogens (primary N) is 1. The Morgan fingerprint density at radius 3 is 3.16 bits per heavy atom. The van der Waals surface area contributed by atoms with Crippen molar-refractivity contribution in [2.75, 3.05) is 25.4 Å². The van der Waals surface area contributed by atoms with Crippen molar-refractivity contribution in [2.45, 2.75) is 25.8 Å². The number of carbonyl (C=O) groups is 1. The molecule has 1 amide bonds. The van der Waals surface area contributed by atoms with Crippen molar-refractivity contribution in [3.05, 3.63) is 23.9 Å². The number of rotatable bonds is 2. The van der Waals surface area contributed by atoms with E-state index in [1.165, 1.54) is 0 Å². The highest BCUT2D eigenvalue weighted by Crippen LogP contribution is 2.38. The summed E-state index contributed by atoms with van der Waals surface area (Å²) >= 11 is 0. The van der Waals surface area contributed by atoms with Crippen LogP contribution in [-0.4, -0.2) is 35.4 Å². The number of pyridine rings is 1. The molecule has 1 aromatic heterocycles. The van der Waals surface area contributed by atoms with Crippen molar-refractivity contribution in [1.29, 1.82) is 0 Å². The summed E-state index contributed by atoms with van der Waals surface area (Å²) < 4.78 is 0. The molecule has 3 rings (SSSR count). The van der Waals surface area contributed by atoms with Gasteiger partial charge >= 0.3 is 0 Å². The van der Waals surface area contributed by atoms with Crippen LogP contribution in [0, 0.1) is 5.41 Å². The largest absolute Gasteiger partial charge is 0.383 e. The van der Waals surface area contributed by atoms with Crippen molar-refractivity contribution in [1.82, 2.24) is 15.2 Å². The third-order valence-electron chi connectivity index (χ3n) is 4.35. The second kappa shape index (κ2) is 4.81. The lowest BCUT2D eigenvalue weighted by Crippen LogP contribution is -2.47. The number of likely N-dealkylation sites (tertiary alicyclic amines) is 1. The Kier molecular flexibility index (Phi) is 3.14. The minimum Gasteiger partial charge on any atom is -0.383 e. The van der Waals surface area contributed by atoms with Crippen molar-refractivity contribution >= 4 is 11.7 Å². The minimum absolute atomic E-state index is 0.158. The lowest BCUT2D eigenvalue weighted by Gasteiger charge is -2.32. The Morgan fingerprint density at radius 2 is 2.37 bits per heavy atom. The van der Waals surface area contributed by atoms with Gasteiger partial charge in [0, 0.05) is 31.4 Å². The van der Waals surface area contributed by atoms with E-state index in [1.807, 2.05) is 12.1 Å². The Hall–Kier alpha value is -1.62. The van der Waals surface area contributed by atoms with Crippen LogP contribution in [0.3, 0.4) is 0 Å². The average Bonchev–Trinajstić information content (AvgIpc) is 2.81. The van der Waals surface area contributed by atoms with E-state index in [4.69, 9.17) is 5.73 Å². The van der Waals surface area contributed by atoms with Crippen LogP contribution in [0.4, 0.5) is 5.82 Å². The van der Waals surface area contributed by atoms with Crippen LogP contribution in [0.15, 0.2) is 18.3 Å². The maximum Gasteiger partial charge on any atom is 0.227 e. The summed E-state index contributed by atoms with van der Waals surface area (Å²) in [4.78, 5) is 18.5. The molecular weight excluding hydrogens is 240 g/mol. The van der Waals surface area contributed by atoms with Crippen LogP contribution >= 0.6 is 0 Å². The van der Waals surface area contributed by atoms with Gasteiger partial charge in [-0.3, -0.25) is 9.69 Å². The maximum absolute atomic E-state index is 12.1. The average molecular weight is 260 g/mol. The van der Waals surface area contributed by atoms with E-state index in [0.29, 0.717) is 5.82 Å². The topological polar surface area (TPSA) is 71.2 Å². The zero-order valence-electron chi connectivity index (χ0n) is 11.1. The molecule has 0 unspecified atom stereocenters. The molecule has 0 saturated carbocycles. The van der Waals surface area contributed by atoms with Crippen molar-refractivity contribution in [2.24, 2.45) is 5.41 Å². The smallest absolute Gasteiger partial charge is 0.227 e. The molecule has 2 saturated heterocycles. The van der Waals surface area contributed by atoms with E-state index >= 15 is 0 Å². The number of aromatic nitrogens is 1. The number of anilines is 1. The van der Waals surface area contributed by atoms with Crippen molar-refractivity contribution < 1.29 is 4.79 Å². The summed E-state index contributed by atoms with van der Waals surface area (Å²) in [6, 6.07) is 3.92. The summed E-state index contributed by atoms with van der Waals surface area (Å²) in [5, 5.41) is 3.01. The predicted molar refractivity (Wildman–Crippen MR) is 73.2 cm³/mol. The van der Waals surface area contributed by atoms with E-state index < -0.39 is 0 Å². The Bertz CT molecular complexity index is 490. The lowest BCUT2D eigenvalue weighted by atomic mass is 9.79. The molecule has 2 fully saturated rings. The molecule has 5 heteroatoms. The van der Waals surface area contributed by atoms with Gasteiger partial charge in [0.05, 0.1) is 5.41 Å². The molecule has 0 bridgehead atoms. The summed E-state index contributed by atoms with van der Waals surface area (Å²) in [7, 11) is 0. The first-order valence-electron chi connectivity index (χ1n) is 6.90. The Balaban J connectivity index is 1.69. The van der Waals surface area contributed by atoms with Gasteiger partial charge in [-0.05, 0) is 31.9 Å². The lowest BCUT2D eigenvalue weighted by molar-refractivity contribution is -0.132. The number of amides is 1. The fourth-order valence-corrected chi connectivity index (χ4v) is 3.24. The van der Waals surface area contributed by atoms with E-state index in [9.17, 15) is 4.79 Å². The number of hydrogen-bond acceptors (Lipinski definition) is 4. The van der Waals surface area contributed by atoms with Gasteiger partial charge in [0.2, 0.25) is 5.91 Å². The summed E-state index contributed by atoms with van der Waals surface area (Å²) in [5.74, 6) is 0.831. The van der Waals surface area contributed by atoms with Crippen molar-refractivity contribution in [3.63, 3.8) is 0 Å². The Morgan fingerprint density at radius 1 is 1.47 bits per heavy atom. The Labute approximate surface area is 113 Å². The van der Waals surface area contributed by atoms with Gasteiger partial charge in [0.25, 0.3) is 0 Å². The standard InChI is InChI=1S/C14H20N4O/c15-12-11(3-1-6-16-12)9-18-8-5-14(10-18)4-2-7-17-13(14)19/h1,3,6H,2,4-5,7-10H2,(H2,15,16)(H,17,19)/t14-/m0/s1. The van der Waals surface area contributed by atoms with E-state index in [2.05, 4.69) is 15.2 Å². The normalized spacial score (nSPS) is 27.7. The first-order valence-corrected chi connectivity index (χ1v) is 6.90. The molecule has 3 heterocycles. The van der Waals surface area contributed by atoms with Gasteiger partial charge in [-0.15, -0.1) is 0 Å². The molecule has 5 nitrogen and oxygen atoms in total. The zero-order valence-corrected chi connectivity index (χ0v) is 11.1. The van der Waals surface area contributed by atoms with Crippen LogP contribution < -0.4 is 11.1 Å². The van der Waals surface area contributed by atoms with Gasteiger partial charge in [-0.1, -0.05) is 6.07 Å². The number of nitrogens with zero attached hydrogens (tertiary/aromatic N) is 2. The molecule has 0 radical (unpaired) electrons. The number of hydrogen-bond donors (Lipinski definition) is 2. The SMILES string of the molecule is Nc1ncccc1CN1CC[C@@]2(CCCNC2=O)C1. The maximum atomic E-state index is 12.1. The molecule has 1 aromatic rings. The minimum atomic E-state index is -0.158. The zero-order chi connectivity index (χ0) is 13.3. The van der Waals surface area contributed by atoms with E-state index in [-0.39, 0.29) is 11.3 Å². The van der Waals surface area contributed by atoms with Crippen LogP contribution in [0.1, 0.15) is 24.8 Å². The molecule has 2 aliphatic heterocycles. The van der Waals surface area contributed by atoms with Crippen LogP contribution in [-0.2, 0) is 11.3 Å². The van der Waals surface area contributed by atoms with Crippen molar-refractivity contribution in [3.8, 4) is 0 Å².